The van der Waals surface area contributed by atoms with Gasteiger partial charge in [0.25, 0.3) is 0 Å². The van der Waals surface area contributed by atoms with E-state index >= 15 is 0 Å². The van der Waals surface area contributed by atoms with Crippen molar-refractivity contribution in [2.45, 2.75) is 25.6 Å². The SMILES string of the molecule is CCO[C@H]1C[C@H](c2ccccc2)c2c(c3ccccc3oc2=O)O1. The fourth-order valence-electron chi connectivity index (χ4n) is 3.33. The first-order valence-corrected chi connectivity index (χ1v) is 8.17. The lowest BCUT2D eigenvalue weighted by atomic mass is 9.86. The van der Waals surface area contributed by atoms with Gasteiger partial charge >= 0.3 is 5.63 Å². The molecular formula is C20H18O4. The molecule has 4 rings (SSSR count). The van der Waals surface area contributed by atoms with Crippen molar-refractivity contribution in [1.82, 2.24) is 0 Å². The minimum absolute atomic E-state index is 0.104. The van der Waals surface area contributed by atoms with E-state index in [0.717, 1.165) is 10.9 Å². The van der Waals surface area contributed by atoms with Crippen molar-refractivity contribution < 1.29 is 13.9 Å². The van der Waals surface area contributed by atoms with Crippen molar-refractivity contribution in [3.8, 4) is 5.75 Å². The van der Waals surface area contributed by atoms with Gasteiger partial charge in [0.2, 0.25) is 6.29 Å². The van der Waals surface area contributed by atoms with Gasteiger partial charge in [0, 0.05) is 18.9 Å². The van der Waals surface area contributed by atoms with Crippen molar-refractivity contribution in [2.75, 3.05) is 6.61 Å². The molecule has 0 amide bonds. The summed E-state index contributed by atoms with van der Waals surface area (Å²) in [6.45, 7) is 2.49. The minimum atomic E-state index is -0.377. The summed E-state index contributed by atoms with van der Waals surface area (Å²) in [6.07, 6.45) is 0.214. The van der Waals surface area contributed by atoms with Crippen LogP contribution in [0.1, 0.15) is 30.4 Å². The molecule has 0 fully saturated rings. The number of hydrogen-bond acceptors (Lipinski definition) is 4. The van der Waals surface area contributed by atoms with Gasteiger partial charge in [-0.3, -0.25) is 0 Å². The van der Waals surface area contributed by atoms with Crippen molar-refractivity contribution in [3.63, 3.8) is 0 Å². The summed E-state index contributed by atoms with van der Waals surface area (Å²) in [5.41, 5.74) is 1.84. The fraction of sp³-hybridized carbons (Fsp3) is 0.250. The summed E-state index contributed by atoms with van der Waals surface area (Å²) in [5, 5.41) is 0.803. The Hall–Kier alpha value is -2.59. The van der Waals surface area contributed by atoms with E-state index in [2.05, 4.69) is 0 Å². The molecule has 0 N–H and O–H groups in total. The molecule has 122 valence electrons. The van der Waals surface area contributed by atoms with Crippen LogP contribution >= 0.6 is 0 Å². The van der Waals surface area contributed by atoms with Gasteiger partial charge in [0.15, 0.2) is 0 Å². The quantitative estimate of drug-likeness (QED) is 0.682. The van der Waals surface area contributed by atoms with Gasteiger partial charge in [-0.1, -0.05) is 42.5 Å². The number of ether oxygens (including phenoxy) is 2. The van der Waals surface area contributed by atoms with E-state index in [0.29, 0.717) is 29.9 Å². The highest BCUT2D eigenvalue weighted by molar-refractivity contribution is 5.85. The highest BCUT2D eigenvalue weighted by atomic mass is 16.7. The molecule has 1 aliphatic heterocycles. The summed E-state index contributed by atoms with van der Waals surface area (Å²) in [6, 6.07) is 17.4. The lowest BCUT2D eigenvalue weighted by Crippen LogP contribution is -2.32. The fourth-order valence-corrected chi connectivity index (χ4v) is 3.33. The Morgan fingerprint density at radius 2 is 1.83 bits per heavy atom. The van der Waals surface area contributed by atoms with Crippen LogP contribution in [0.15, 0.2) is 63.8 Å². The van der Waals surface area contributed by atoms with Crippen molar-refractivity contribution in [2.24, 2.45) is 0 Å². The predicted octanol–water partition coefficient (Wildman–Crippen LogP) is 4.07. The van der Waals surface area contributed by atoms with Gasteiger partial charge in [-0.05, 0) is 24.6 Å². The number of rotatable bonds is 3. The number of para-hydroxylation sites is 1. The first-order valence-electron chi connectivity index (χ1n) is 8.17. The molecule has 4 nitrogen and oxygen atoms in total. The van der Waals surface area contributed by atoms with E-state index in [1.165, 1.54) is 0 Å². The number of fused-ring (bicyclic) bond motifs is 3. The Kier molecular flexibility index (Phi) is 3.82. The molecule has 2 atom stereocenters. The predicted molar refractivity (Wildman–Crippen MR) is 91.4 cm³/mol. The molecule has 1 aliphatic rings. The van der Waals surface area contributed by atoms with E-state index in [-0.39, 0.29) is 17.8 Å². The molecule has 1 aromatic heterocycles. The van der Waals surface area contributed by atoms with Gasteiger partial charge < -0.3 is 13.9 Å². The first kappa shape index (κ1) is 15.0. The van der Waals surface area contributed by atoms with Crippen LogP contribution in [-0.4, -0.2) is 12.9 Å². The topological polar surface area (TPSA) is 48.7 Å². The van der Waals surface area contributed by atoms with Crippen molar-refractivity contribution in [1.29, 1.82) is 0 Å². The van der Waals surface area contributed by atoms with Crippen LogP contribution in [0.5, 0.6) is 5.75 Å². The second-order valence-corrected chi connectivity index (χ2v) is 5.83. The molecule has 0 aliphatic carbocycles. The highest BCUT2D eigenvalue weighted by Gasteiger charge is 2.34. The van der Waals surface area contributed by atoms with Crippen LogP contribution in [0, 0.1) is 0 Å². The van der Waals surface area contributed by atoms with Gasteiger partial charge in [-0.15, -0.1) is 0 Å². The third kappa shape index (κ3) is 2.49. The van der Waals surface area contributed by atoms with E-state index < -0.39 is 0 Å². The molecule has 0 radical (unpaired) electrons. The Morgan fingerprint density at radius 1 is 1.08 bits per heavy atom. The second kappa shape index (κ2) is 6.13. The van der Waals surface area contributed by atoms with Crippen molar-refractivity contribution in [3.05, 3.63) is 76.1 Å². The van der Waals surface area contributed by atoms with Crippen LogP contribution in [0.4, 0.5) is 0 Å². The smallest absolute Gasteiger partial charge is 0.343 e. The lowest BCUT2D eigenvalue weighted by Gasteiger charge is -2.31. The van der Waals surface area contributed by atoms with Crippen LogP contribution in [0.2, 0.25) is 0 Å². The molecule has 4 heteroatoms. The van der Waals surface area contributed by atoms with Gasteiger partial charge in [0.1, 0.15) is 11.3 Å². The zero-order chi connectivity index (χ0) is 16.5. The molecule has 0 spiro atoms. The zero-order valence-electron chi connectivity index (χ0n) is 13.4. The summed E-state index contributed by atoms with van der Waals surface area (Å²) in [4.78, 5) is 12.6. The minimum Gasteiger partial charge on any atom is -0.464 e. The Balaban J connectivity index is 1.95. The summed E-state index contributed by atoms with van der Waals surface area (Å²) < 4.78 is 17.3. The Bertz CT molecular complexity index is 914. The molecule has 0 saturated heterocycles. The van der Waals surface area contributed by atoms with Crippen LogP contribution < -0.4 is 10.4 Å². The molecule has 2 heterocycles. The summed E-state index contributed by atoms with van der Waals surface area (Å²) >= 11 is 0. The standard InChI is InChI=1S/C20H18O4/c1-2-22-17-12-15(13-8-4-3-5-9-13)18-19(24-17)14-10-6-7-11-16(14)23-20(18)21/h3-11,15,17H,2,12H2,1H3/t15-,17-/m1/s1. The monoisotopic (exact) mass is 322 g/mol. The first-order chi connectivity index (χ1) is 11.8. The van der Waals surface area contributed by atoms with Crippen LogP contribution in [-0.2, 0) is 4.74 Å². The molecule has 24 heavy (non-hydrogen) atoms. The van der Waals surface area contributed by atoms with E-state index in [1.54, 1.807) is 6.07 Å². The largest absolute Gasteiger partial charge is 0.464 e. The maximum atomic E-state index is 12.6. The second-order valence-electron chi connectivity index (χ2n) is 5.83. The molecule has 2 aromatic carbocycles. The maximum Gasteiger partial charge on any atom is 0.343 e. The Morgan fingerprint density at radius 3 is 2.62 bits per heavy atom. The average molecular weight is 322 g/mol. The van der Waals surface area contributed by atoms with Gasteiger partial charge in [0.05, 0.1) is 10.9 Å². The number of hydrogen-bond donors (Lipinski definition) is 0. The van der Waals surface area contributed by atoms with E-state index in [9.17, 15) is 4.79 Å². The molecule has 3 aromatic rings. The van der Waals surface area contributed by atoms with Crippen LogP contribution in [0.3, 0.4) is 0 Å². The molecule has 0 bridgehead atoms. The normalized spacial score (nSPS) is 19.7. The van der Waals surface area contributed by atoms with Crippen molar-refractivity contribution >= 4 is 11.0 Å². The third-order valence-electron chi connectivity index (χ3n) is 4.38. The third-order valence-corrected chi connectivity index (χ3v) is 4.38. The van der Waals surface area contributed by atoms with E-state index in [1.807, 2.05) is 55.5 Å². The highest BCUT2D eigenvalue weighted by Crippen LogP contribution is 2.42. The zero-order valence-corrected chi connectivity index (χ0v) is 13.4. The average Bonchev–Trinajstić information content (AvgIpc) is 2.62. The van der Waals surface area contributed by atoms with Gasteiger partial charge in [-0.2, -0.15) is 0 Å². The van der Waals surface area contributed by atoms with Crippen LogP contribution in [0.25, 0.3) is 11.0 Å². The number of benzene rings is 2. The maximum absolute atomic E-state index is 12.6. The summed E-state index contributed by atoms with van der Waals surface area (Å²) in [7, 11) is 0. The van der Waals surface area contributed by atoms with Gasteiger partial charge in [-0.25, -0.2) is 4.79 Å². The molecule has 0 unspecified atom stereocenters. The molecular weight excluding hydrogens is 304 g/mol. The molecule has 0 saturated carbocycles. The lowest BCUT2D eigenvalue weighted by molar-refractivity contribution is -0.0889. The van der Waals surface area contributed by atoms with E-state index in [4.69, 9.17) is 13.9 Å². The summed E-state index contributed by atoms with van der Waals surface area (Å²) in [5.74, 6) is 0.479. The Labute approximate surface area is 139 Å².